The quantitative estimate of drug-likeness (QED) is 0.333. The minimum absolute atomic E-state index is 1.13. The molecule has 0 aliphatic heterocycles. The fourth-order valence-corrected chi connectivity index (χ4v) is 4.33. The Morgan fingerprint density at radius 1 is 0.704 bits per heavy atom. The SMILES string of the molecule is CCCC1=C/C(=C\c2cccc3ccc4ccccc4c23)c2ccccc21. The molecule has 0 atom stereocenters. The number of hydrogen-bond donors (Lipinski definition) is 0. The van der Waals surface area contributed by atoms with Crippen molar-refractivity contribution in [2.24, 2.45) is 0 Å². The normalized spacial score (nSPS) is 14.7. The van der Waals surface area contributed by atoms with Crippen LogP contribution in [0.15, 0.2) is 84.9 Å². The first-order valence-corrected chi connectivity index (χ1v) is 9.77. The van der Waals surface area contributed by atoms with Crippen LogP contribution in [0, 0.1) is 0 Å². The molecule has 0 radical (unpaired) electrons. The molecule has 0 fully saturated rings. The van der Waals surface area contributed by atoms with Gasteiger partial charge in [0.05, 0.1) is 0 Å². The van der Waals surface area contributed by atoms with Crippen molar-refractivity contribution in [1.29, 1.82) is 0 Å². The van der Waals surface area contributed by atoms with Gasteiger partial charge in [-0.15, -0.1) is 0 Å². The van der Waals surface area contributed by atoms with E-state index in [4.69, 9.17) is 0 Å². The van der Waals surface area contributed by atoms with Crippen LogP contribution in [0.2, 0.25) is 0 Å². The van der Waals surface area contributed by atoms with Crippen LogP contribution in [0.25, 0.3) is 38.8 Å². The van der Waals surface area contributed by atoms with E-state index in [1.807, 2.05) is 0 Å². The van der Waals surface area contributed by atoms with Crippen LogP contribution >= 0.6 is 0 Å². The third-order valence-electron chi connectivity index (χ3n) is 5.55. The predicted molar refractivity (Wildman–Crippen MR) is 119 cm³/mol. The number of allylic oxidation sites excluding steroid dienone is 3. The van der Waals surface area contributed by atoms with Crippen molar-refractivity contribution < 1.29 is 0 Å². The summed E-state index contributed by atoms with van der Waals surface area (Å²) < 4.78 is 0. The molecule has 1 aliphatic rings. The summed E-state index contributed by atoms with van der Waals surface area (Å²) in [5.41, 5.74) is 6.84. The van der Waals surface area contributed by atoms with Crippen LogP contribution in [0.5, 0.6) is 0 Å². The van der Waals surface area contributed by atoms with Gasteiger partial charge in [-0.2, -0.15) is 0 Å². The molecule has 0 N–H and O–H groups in total. The molecule has 130 valence electrons. The highest BCUT2D eigenvalue weighted by molar-refractivity contribution is 6.13. The number of rotatable bonds is 3. The second-order valence-corrected chi connectivity index (χ2v) is 7.30. The highest BCUT2D eigenvalue weighted by atomic mass is 14.2. The molecule has 0 heteroatoms. The van der Waals surface area contributed by atoms with Crippen molar-refractivity contribution in [3.63, 3.8) is 0 Å². The summed E-state index contributed by atoms with van der Waals surface area (Å²) >= 11 is 0. The highest BCUT2D eigenvalue weighted by Crippen LogP contribution is 2.39. The summed E-state index contributed by atoms with van der Waals surface area (Å²) in [6.07, 6.45) is 7.06. The molecule has 4 aromatic rings. The molecule has 0 spiro atoms. The maximum Gasteiger partial charge on any atom is -0.00326 e. The monoisotopic (exact) mass is 346 g/mol. The zero-order chi connectivity index (χ0) is 18.2. The zero-order valence-electron chi connectivity index (χ0n) is 15.6. The molecule has 0 unspecified atom stereocenters. The minimum Gasteiger partial charge on any atom is -0.0651 e. The van der Waals surface area contributed by atoms with E-state index in [0.29, 0.717) is 0 Å². The van der Waals surface area contributed by atoms with Crippen molar-refractivity contribution in [2.45, 2.75) is 19.8 Å². The van der Waals surface area contributed by atoms with E-state index in [1.54, 1.807) is 0 Å². The Hall–Kier alpha value is -3.12. The first-order valence-electron chi connectivity index (χ1n) is 9.77. The van der Waals surface area contributed by atoms with Gasteiger partial charge in [0.2, 0.25) is 0 Å². The van der Waals surface area contributed by atoms with Crippen molar-refractivity contribution >= 4 is 38.8 Å². The summed E-state index contributed by atoms with van der Waals surface area (Å²) in [6.45, 7) is 2.25. The molecule has 0 nitrogen and oxygen atoms in total. The lowest BCUT2D eigenvalue weighted by molar-refractivity contribution is 0.975. The lowest BCUT2D eigenvalue weighted by Gasteiger charge is -2.09. The highest BCUT2D eigenvalue weighted by Gasteiger charge is 2.17. The first-order chi connectivity index (χ1) is 13.3. The Labute approximate surface area is 160 Å². The topological polar surface area (TPSA) is 0 Å². The Bertz CT molecular complexity index is 1220. The third-order valence-corrected chi connectivity index (χ3v) is 5.55. The van der Waals surface area contributed by atoms with Crippen molar-refractivity contribution in [3.8, 4) is 0 Å². The first kappa shape index (κ1) is 16.1. The molecule has 0 heterocycles. The molecule has 5 rings (SSSR count). The maximum absolute atomic E-state index is 2.39. The van der Waals surface area contributed by atoms with Gasteiger partial charge in [0.15, 0.2) is 0 Å². The van der Waals surface area contributed by atoms with Gasteiger partial charge in [-0.05, 0) is 61.9 Å². The molecule has 0 saturated carbocycles. The largest absolute Gasteiger partial charge is 0.0651 e. The van der Waals surface area contributed by atoms with Gasteiger partial charge in [-0.25, -0.2) is 0 Å². The van der Waals surface area contributed by atoms with Crippen LogP contribution in [0.1, 0.15) is 36.5 Å². The van der Waals surface area contributed by atoms with Gasteiger partial charge in [-0.1, -0.05) is 98.3 Å². The Morgan fingerprint density at radius 2 is 1.44 bits per heavy atom. The van der Waals surface area contributed by atoms with E-state index in [0.717, 1.165) is 6.42 Å². The lowest BCUT2D eigenvalue weighted by Crippen LogP contribution is -1.85. The molecular formula is C27H22. The standard InChI is InChI=1S/C27H22/c1-2-8-21-17-23(25-13-6-5-12-24(21)25)18-22-11-7-10-20-16-15-19-9-3-4-14-26(19)27(20)22/h3-7,9-18H,2,8H2,1H3/b23-18+. The van der Waals surface area contributed by atoms with Crippen LogP contribution < -0.4 is 0 Å². The molecule has 1 aliphatic carbocycles. The average molecular weight is 346 g/mol. The van der Waals surface area contributed by atoms with Crippen LogP contribution in [-0.4, -0.2) is 0 Å². The van der Waals surface area contributed by atoms with Crippen LogP contribution in [0.4, 0.5) is 0 Å². The second kappa shape index (κ2) is 6.55. The van der Waals surface area contributed by atoms with E-state index >= 15 is 0 Å². The van der Waals surface area contributed by atoms with Crippen LogP contribution in [0.3, 0.4) is 0 Å². The molecule has 0 aromatic heterocycles. The fraction of sp³-hybridized carbons (Fsp3) is 0.111. The van der Waals surface area contributed by atoms with E-state index in [9.17, 15) is 0 Å². The van der Waals surface area contributed by atoms with Gasteiger partial charge >= 0.3 is 0 Å². The molecule has 27 heavy (non-hydrogen) atoms. The van der Waals surface area contributed by atoms with E-state index in [-0.39, 0.29) is 0 Å². The Morgan fingerprint density at radius 3 is 2.33 bits per heavy atom. The average Bonchev–Trinajstić information content (AvgIpc) is 3.06. The van der Waals surface area contributed by atoms with Crippen molar-refractivity contribution in [3.05, 3.63) is 102 Å². The van der Waals surface area contributed by atoms with Gasteiger partial charge in [0.1, 0.15) is 0 Å². The fourth-order valence-electron chi connectivity index (χ4n) is 4.33. The summed E-state index contributed by atoms with van der Waals surface area (Å²) in [7, 11) is 0. The lowest BCUT2D eigenvalue weighted by atomic mass is 9.95. The molecule has 0 amide bonds. The molecule has 0 bridgehead atoms. The minimum atomic E-state index is 1.13. The summed E-state index contributed by atoms with van der Waals surface area (Å²) in [5.74, 6) is 0. The summed E-state index contributed by atoms with van der Waals surface area (Å²) in [4.78, 5) is 0. The smallest absolute Gasteiger partial charge is 0.00326 e. The maximum atomic E-state index is 2.39. The van der Waals surface area contributed by atoms with Crippen LogP contribution in [-0.2, 0) is 0 Å². The number of hydrogen-bond acceptors (Lipinski definition) is 0. The summed E-state index contributed by atoms with van der Waals surface area (Å²) in [5, 5.41) is 5.27. The van der Waals surface area contributed by atoms with Gasteiger partial charge in [-0.3, -0.25) is 0 Å². The van der Waals surface area contributed by atoms with Gasteiger partial charge in [0.25, 0.3) is 0 Å². The number of fused-ring (bicyclic) bond motifs is 4. The molecule has 0 saturated heterocycles. The Balaban J connectivity index is 1.77. The van der Waals surface area contributed by atoms with Crippen molar-refractivity contribution in [2.75, 3.05) is 0 Å². The van der Waals surface area contributed by atoms with Crippen molar-refractivity contribution in [1.82, 2.24) is 0 Å². The molecule has 4 aromatic carbocycles. The van der Waals surface area contributed by atoms with E-state index in [1.165, 1.54) is 55.8 Å². The third kappa shape index (κ3) is 2.69. The van der Waals surface area contributed by atoms with E-state index < -0.39 is 0 Å². The predicted octanol–water partition coefficient (Wildman–Crippen LogP) is 7.73. The zero-order valence-corrected chi connectivity index (χ0v) is 15.6. The Kier molecular flexibility index (Phi) is 3.90. The summed E-state index contributed by atoms with van der Waals surface area (Å²) in [6, 6.07) is 28.6. The van der Waals surface area contributed by atoms with E-state index in [2.05, 4.69) is 97.9 Å². The molecular weight excluding hydrogens is 324 g/mol. The number of benzene rings is 4. The second-order valence-electron chi connectivity index (χ2n) is 7.30. The van der Waals surface area contributed by atoms with Gasteiger partial charge in [0, 0.05) is 0 Å². The van der Waals surface area contributed by atoms with Gasteiger partial charge < -0.3 is 0 Å².